The molecule has 0 aromatic rings. The molecule has 2 N–H and O–H groups in total. The van der Waals surface area contributed by atoms with E-state index in [0.29, 0.717) is 18.7 Å². The number of rotatable bonds is 4. The molecule has 0 aromatic carbocycles. The van der Waals surface area contributed by atoms with Crippen molar-refractivity contribution < 1.29 is 9.53 Å². The first-order valence-corrected chi connectivity index (χ1v) is 7.41. The molecule has 1 saturated heterocycles. The van der Waals surface area contributed by atoms with Crippen LogP contribution in [0.4, 0.5) is 0 Å². The zero-order valence-corrected chi connectivity index (χ0v) is 11.4. The second-order valence-electron chi connectivity index (χ2n) is 5.53. The highest BCUT2D eigenvalue weighted by Gasteiger charge is 2.26. The molecule has 1 unspecified atom stereocenters. The van der Waals surface area contributed by atoms with Crippen molar-refractivity contribution in [2.75, 3.05) is 19.8 Å². The van der Waals surface area contributed by atoms with Crippen molar-refractivity contribution in [2.24, 2.45) is 5.92 Å². The predicted octanol–water partition coefficient (Wildman–Crippen LogP) is 1.45. The SMILES string of the molecule is CCNC1CCC(NC(=O)C2CCCOC2)CC1. The van der Waals surface area contributed by atoms with Crippen LogP contribution in [0.5, 0.6) is 0 Å². The number of carbonyl (C=O) groups is 1. The monoisotopic (exact) mass is 254 g/mol. The van der Waals surface area contributed by atoms with Crippen molar-refractivity contribution in [2.45, 2.75) is 57.5 Å². The fraction of sp³-hybridized carbons (Fsp3) is 0.929. The molecule has 2 aliphatic rings. The minimum atomic E-state index is 0.0882. The van der Waals surface area contributed by atoms with Crippen molar-refractivity contribution in [3.05, 3.63) is 0 Å². The molecule has 2 rings (SSSR count). The second-order valence-corrected chi connectivity index (χ2v) is 5.53. The van der Waals surface area contributed by atoms with Crippen LogP contribution in [0.2, 0.25) is 0 Å². The summed E-state index contributed by atoms with van der Waals surface area (Å²) < 4.78 is 5.37. The van der Waals surface area contributed by atoms with Crippen LogP contribution in [-0.2, 0) is 9.53 Å². The fourth-order valence-electron chi connectivity index (χ4n) is 3.00. The number of hydrogen-bond acceptors (Lipinski definition) is 3. The molecular weight excluding hydrogens is 228 g/mol. The Morgan fingerprint density at radius 1 is 1.17 bits per heavy atom. The van der Waals surface area contributed by atoms with Gasteiger partial charge in [-0.2, -0.15) is 0 Å². The van der Waals surface area contributed by atoms with Gasteiger partial charge in [-0.05, 0) is 45.1 Å². The fourth-order valence-corrected chi connectivity index (χ4v) is 3.00. The number of hydrogen-bond donors (Lipinski definition) is 2. The van der Waals surface area contributed by atoms with Gasteiger partial charge in [-0.3, -0.25) is 4.79 Å². The first-order chi connectivity index (χ1) is 8.79. The topological polar surface area (TPSA) is 50.4 Å². The third kappa shape index (κ3) is 3.95. The highest BCUT2D eigenvalue weighted by atomic mass is 16.5. The normalized spacial score (nSPS) is 33.1. The van der Waals surface area contributed by atoms with Crippen LogP contribution < -0.4 is 10.6 Å². The minimum absolute atomic E-state index is 0.0882. The molecule has 1 atom stereocenters. The summed E-state index contributed by atoms with van der Waals surface area (Å²) in [5, 5.41) is 6.69. The molecule has 0 aromatic heterocycles. The summed E-state index contributed by atoms with van der Waals surface area (Å²) in [6.07, 6.45) is 6.58. The highest BCUT2D eigenvalue weighted by Crippen LogP contribution is 2.20. The standard InChI is InChI=1S/C14H26N2O2/c1-2-15-12-5-7-13(8-6-12)16-14(17)11-4-3-9-18-10-11/h11-13,15H,2-10H2,1H3,(H,16,17). The van der Waals surface area contributed by atoms with E-state index in [0.717, 1.165) is 38.8 Å². The summed E-state index contributed by atoms with van der Waals surface area (Å²) in [5.74, 6) is 0.298. The van der Waals surface area contributed by atoms with E-state index in [-0.39, 0.29) is 11.8 Å². The molecule has 0 bridgehead atoms. The summed E-state index contributed by atoms with van der Waals surface area (Å²) in [5.41, 5.74) is 0. The lowest BCUT2D eigenvalue weighted by atomic mass is 9.90. The van der Waals surface area contributed by atoms with Gasteiger partial charge in [0, 0.05) is 18.7 Å². The van der Waals surface area contributed by atoms with E-state index >= 15 is 0 Å². The molecule has 1 saturated carbocycles. The van der Waals surface area contributed by atoms with E-state index in [1.807, 2.05) is 0 Å². The van der Waals surface area contributed by atoms with E-state index in [2.05, 4.69) is 17.6 Å². The van der Waals surface area contributed by atoms with Crippen molar-refractivity contribution in [1.29, 1.82) is 0 Å². The van der Waals surface area contributed by atoms with Gasteiger partial charge in [0.15, 0.2) is 0 Å². The third-order valence-electron chi connectivity index (χ3n) is 4.10. The Hall–Kier alpha value is -0.610. The summed E-state index contributed by atoms with van der Waals surface area (Å²) in [6, 6.07) is 1.04. The van der Waals surface area contributed by atoms with Gasteiger partial charge in [-0.1, -0.05) is 6.92 Å². The number of ether oxygens (including phenoxy) is 1. The van der Waals surface area contributed by atoms with E-state index in [4.69, 9.17) is 4.74 Å². The molecule has 4 heteroatoms. The molecule has 1 aliphatic carbocycles. The lowest BCUT2D eigenvalue weighted by molar-refractivity contribution is -0.129. The summed E-state index contributed by atoms with van der Waals surface area (Å²) in [7, 11) is 0. The lowest BCUT2D eigenvalue weighted by Gasteiger charge is -2.31. The van der Waals surface area contributed by atoms with Crippen molar-refractivity contribution in [3.8, 4) is 0 Å². The van der Waals surface area contributed by atoms with Gasteiger partial charge < -0.3 is 15.4 Å². The van der Waals surface area contributed by atoms with Crippen molar-refractivity contribution in [1.82, 2.24) is 10.6 Å². The van der Waals surface area contributed by atoms with Gasteiger partial charge in [-0.25, -0.2) is 0 Å². The first kappa shape index (κ1) is 13.8. The molecule has 2 fully saturated rings. The van der Waals surface area contributed by atoms with E-state index in [1.54, 1.807) is 0 Å². The molecule has 4 nitrogen and oxygen atoms in total. The quantitative estimate of drug-likeness (QED) is 0.798. The average molecular weight is 254 g/mol. The Balaban J connectivity index is 1.68. The summed E-state index contributed by atoms with van der Waals surface area (Å²) in [6.45, 7) is 4.62. The molecule has 1 amide bonds. The Morgan fingerprint density at radius 2 is 1.89 bits per heavy atom. The molecule has 1 heterocycles. The van der Waals surface area contributed by atoms with Gasteiger partial charge in [-0.15, -0.1) is 0 Å². The maximum atomic E-state index is 12.1. The van der Waals surface area contributed by atoms with Crippen LogP contribution in [0.1, 0.15) is 45.4 Å². The van der Waals surface area contributed by atoms with Crippen LogP contribution in [0, 0.1) is 5.92 Å². The molecule has 0 spiro atoms. The molecule has 104 valence electrons. The summed E-state index contributed by atoms with van der Waals surface area (Å²) >= 11 is 0. The van der Waals surface area contributed by atoms with Crippen LogP contribution >= 0.6 is 0 Å². The summed E-state index contributed by atoms with van der Waals surface area (Å²) in [4.78, 5) is 12.1. The molecule has 0 radical (unpaired) electrons. The Bertz CT molecular complexity index is 257. The number of nitrogens with one attached hydrogen (secondary N) is 2. The van der Waals surface area contributed by atoms with Crippen molar-refractivity contribution >= 4 is 5.91 Å². The minimum Gasteiger partial charge on any atom is -0.381 e. The Labute approximate surface area is 110 Å². The average Bonchev–Trinajstić information content (AvgIpc) is 2.42. The second kappa shape index (κ2) is 7.10. The Morgan fingerprint density at radius 3 is 2.50 bits per heavy atom. The highest BCUT2D eigenvalue weighted by molar-refractivity contribution is 5.79. The number of amides is 1. The van der Waals surface area contributed by atoms with E-state index in [1.165, 1.54) is 12.8 Å². The van der Waals surface area contributed by atoms with Crippen LogP contribution in [0.3, 0.4) is 0 Å². The molecular formula is C14H26N2O2. The zero-order chi connectivity index (χ0) is 12.8. The van der Waals surface area contributed by atoms with Crippen LogP contribution in [-0.4, -0.2) is 37.7 Å². The maximum absolute atomic E-state index is 12.1. The van der Waals surface area contributed by atoms with Gasteiger partial charge in [0.2, 0.25) is 5.91 Å². The van der Waals surface area contributed by atoms with E-state index < -0.39 is 0 Å². The molecule has 18 heavy (non-hydrogen) atoms. The van der Waals surface area contributed by atoms with Gasteiger partial charge >= 0.3 is 0 Å². The van der Waals surface area contributed by atoms with Gasteiger partial charge in [0.05, 0.1) is 12.5 Å². The van der Waals surface area contributed by atoms with Crippen LogP contribution in [0.15, 0.2) is 0 Å². The van der Waals surface area contributed by atoms with Crippen molar-refractivity contribution in [3.63, 3.8) is 0 Å². The predicted molar refractivity (Wildman–Crippen MR) is 71.4 cm³/mol. The van der Waals surface area contributed by atoms with E-state index in [9.17, 15) is 4.79 Å². The van der Waals surface area contributed by atoms with Gasteiger partial charge in [0.1, 0.15) is 0 Å². The third-order valence-corrected chi connectivity index (χ3v) is 4.10. The first-order valence-electron chi connectivity index (χ1n) is 7.41. The largest absolute Gasteiger partial charge is 0.381 e. The van der Waals surface area contributed by atoms with Crippen LogP contribution in [0.25, 0.3) is 0 Å². The molecule has 1 aliphatic heterocycles. The zero-order valence-electron chi connectivity index (χ0n) is 11.4. The number of carbonyl (C=O) groups excluding carboxylic acids is 1. The smallest absolute Gasteiger partial charge is 0.225 e. The Kier molecular flexibility index (Phi) is 5.45. The lowest BCUT2D eigenvalue weighted by Crippen LogP contribution is -2.45. The van der Waals surface area contributed by atoms with Gasteiger partial charge in [0.25, 0.3) is 0 Å². The maximum Gasteiger partial charge on any atom is 0.225 e.